The van der Waals surface area contributed by atoms with E-state index in [1.807, 2.05) is 6.07 Å². The summed E-state index contributed by atoms with van der Waals surface area (Å²) < 4.78 is 5.56. The molecule has 1 aliphatic carbocycles. The zero-order valence-corrected chi connectivity index (χ0v) is 12.0. The van der Waals surface area contributed by atoms with Crippen molar-refractivity contribution in [2.75, 3.05) is 0 Å². The summed E-state index contributed by atoms with van der Waals surface area (Å²) in [6.45, 7) is 2.22. The summed E-state index contributed by atoms with van der Waals surface area (Å²) in [6.07, 6.45) is 6.88. The summed E-state index contributed by atoms with van der Waals surface area (Å²) >= 11 is 0. The number of nitriles is 1. The van der Waals surface area contributed by atoms with E-state index in [9.17, 15) is 4.79 Å². The molecule has 0 aliphatic heterocycles. The molecule has 0 saturated heterocycles. The minimum atomic E-state index is -0.270. The van der Waals surface area contributed by atoms with E-state index in [1.165, 1.54) is 25.7 Å². The van der Waals surface area contributed by atoms with Gasteiger partial charge >= 0.3 is 5.97 Å². The van der Waals surface area contributed by atoms with Crippen molar-refractivity contribution in [1.82, 2.24) is 0 Å². The van der Waals surface area contributed by atoms with E-state index in [-0.39, 0.29) is 12.1 Å². The first-order valence-corrected chi connectivity index (χ1v) is 7.44. The Balaban J connectivity index is 1.84. The molecule has 1 aromatic carbocycles. The van der Waals surface area contributed by atoms with Gasteiger partial charge < -0.3 is 4.74 Å². The monoisotopic (exact) mass is 271 g/mol. The molecule has 0 N–H and O–H groups in total. The van der Waals surface area contributed by atoms with Crippen LogP contribution in [0.1, 0.15) is 61.4 Å². The van der Waals surface area contributed by atoms with E-state index < -0.39 is 0 Å². The quantitative estimate of drug-likeness (QED) is 0.775. The summed E-state index contributed by atoms with van der Waals surface area (Å²) in [6, 6.07) is 8.65. The number of rotatable bonds is 4. The fourth-order valence-corrected chi connectivity index (χ4v) is 2.85. The Morgan fingerprint density at radius 1 is 1.25 bits per heavy atom. The van der Waals surface area contributed by atoms with Crippen molar-refractivity contribution in [3.63, 3.8) is 0 Å². The third-order valence-electron chi connectivity index (χ3n) is 4.01. The van der Waals surface area contributed by atoms with Crippen LogP contribution in [-0.4, -0.2) is 12.1 Å². The van der Waals surface area contributed by atoms with E-state index in [4.69, 9.17) is 10.00 Å². The van der Waals surface area contributed by atoms with E-state index in [1.54, 1.807) is 24.3 Å². The lowest BCUT2D eigenvalue weighted by atomic mass is 9.85. The number of carbonyl (C=O) groups excluding carboxylic acids is 1. The van der Waals surface area contributed by atoms with Gasteiger partial charge in [-0.15, -0.1) is 0 Å². The van der Waals surface area contributed by atoms with E-state index in [0.29, 0.717) is 11.1 Å². The largest absolute Gasteiger partial charge is 0.459 e. The second-order valence-corrected chi connectivity index (χ2v) is 5.53. The fraction of sp³-hybridized carbons (Fsp3) is 0.529. The highest BCUT2D eigenvalue weighted by Gasteiger charge is 2.23. The van der Waals surface area contributed by atoms with Gasteiger partial charge in [-0.25, -0.2) is 4.79 Å². The maximum atomic E-state index is 12.0. The van der Waals surface area contributed by atoms with Gasteiger partial charge in [0.05, 0.1) is 17.2 Å². The average Bonchev–Trinajstić information content (AvgIpc) is 2.49. The lowest BCUT2D eigenvalue weighted by Crippen LogP contribution is -2.24. The highest BCUT2D eigenvalue weighted by Crippen LogP contribution is 2.29. The molecule has 1 fully saturated rings. The second-order valence-electron chi connectivity index (χ2n) is 5.53. The van der Waals surface area contributed by atoms with E-state index in [2.05, 4.69) is 6.92 Å². The number of ether oxygens (including phenoxy) is 1. The summed E-state index contributed by atoms with van der Waals surface area (Å²) in [5, 5.41) is 8.73. The van der Waals surface area contributed by atoms with Gasteiger partial charge in [0.15, 0.2) is 0 Å². The number of hydrogen-bond acceptors (Lipinski definition) is 3. The molecular formula is C17H21NO2. The minimum absolute atomic E-state index is 0.0613. The Bertz CT molecular complexity index is 479. The lowest BCUT2D eigenvalue weighted by molar-refractivity contribution is 0.0161. The first-order chi connectivity index (χ1) is 9.72. The van der Waals surface area contributed by atoms with Gasteiger partial charge in [0.25, 0.3) is 0 Å². The van der Waals surface area contributed by atoms with Crippen molar-refractivity contribution in [2.45, 2.75) is 51.6 Å². The molecule has 0 heterocycles. The molecule has 1 aromatic rings. The molecule has 3 heteroatoms. The van der Waals surface area contributed by atoms with Gasteiger partial charge in [0, 0.05) is 0 Å². The predicted molar refractivity (Wildman–Crippen MR) is 77.2 cm³/mol. The van der Waals surface area contributed by atoms with Crippen LogP contribution in [0.4, 0.5) is 0 Å². The average molecular weight is 271 g/mol. The van der Waals surface area contributed by atoms with E-state index >= 15 is 0 Å². The smallest absolute Gasteiger partial charge is 0.338 e. The fourth-order valence-electron chi connectivity index (χ4n) is 2.85. The summed E-state index contributed by atoms with van der Waals surface area (Å²) in [5.74, 6) is 0.540. The van der Waals surface area contributed by atoms with Crippen LogP contribution in [0.15, 0.2) is 24.3 Å². The Morgan fingerprint density at radius 2 is 1.90 bits per heavy atom. The molecule has 2 rings (SSSR count). The van der Waals surface area contributed by atoms with Crippen LogP contribution in [0.5, 0.6) is 0 Å². The standard InChI is InChI=1S/C17H21NO2/c1-2-3-13-6-10-16(11-7-13)20-17(19)15-8-4-14(12-18)5-9-15/h4-5,8-9,13,16H,2-3,6-7,10-11H2,1H3. The van der Waals surface area contributed by atoms with Crippen molar-refractivity contribution in [1.29, 1.82) is 5.26 Å². The Morgan fingerprint density at radius 3 is 2.45 bits per heavy atom. The first kappa shape index (κ1) is 14.6. The van der Waals surface area contributed by atoms with Gasteiger partial charge in [-0.2, -0.15) is 5.26 Å². The van der Waals surface area contributed by atoms with Crippen molar-refractivity contribution in [2.24, 2.45) is 5.92 Å². The van der Waals surface area contributed by atoms with Crippen LogP contribution in [0.3, 0.4) is 0 Å². The van der Waals surface area contributed by atoms with Gasteiger partial charge in [0.1, 0.15) is 6.10 Å². The minimum Gasteiger partial charge on any atom is -0.459 e. The topological polar surface area (TPSA) is 50.1 Å². The number of carbonyl (C=O) groups is 1. The molecule has 0 unspecified atom stereocenters. The highest BCUT2D eigenvalue weighted by molar-refractivity contribution is 5.89. The molecule has 0 atom stereocenters. The van der Waals surface area contributed by atoms with Crippen molar-refractivity contribution >= 4 is 5.97 Å². The molecule has 0 spiro atoms. The predicted octanol–water partition coefficient (Wildman–Crippen LogP) is 4.07. The molecule has 106 valence electrons. The third kappa shape index (κ3) is 3.84. The maximum Gasteiger partial charge on any atom is 0.338 e. The SMILES string of the molecule is CCCC1CCC(OC(=O)c2ccc(C#N)cc2)CC1. The number of esters is 1. The molecular weight excluding hydrogens is 250 g/mol. The highest BCUT2D eigenvalue weighted by atomic mass is 16.5. The van der Waals surface area contributed by atoms with Crippen LogP contribution in [-0.2, 0) is 4.74 Å². The van der Waals surface area contributed by atoms with Gasteiger partial charge in [-0.05, 0) is 55.9 Å². The zero-order valence-electron chi connectivity index (χ0n) is 12.0. The lowest BCUT2D eigenvalue weighted by Gasteiger charge is -2.28. The van der Waals surface area contributed by atoms with Crippen LogP contribution in [0.2, 0.25) is 0 Å². The number of nitrogens with zero attached hydrogens (tertiary/aromatic N) is 1. The molecule has 0 aromatic heterocycles. The molecule has 1 saturated carbocycles. The van der Waals surface area contributed by atoms with Crippen LogP contribution >= 0.6 is 0 Å². The summed E-state index contributed by atoms with van der Waals surface area (Å²) in [5.41, 5.74) is 1.08. The van der Waals surface area contributed by atoms with Crippen molar-refractivity contribution < 1.29 is 9.53 Å². The maximum absolute atomic E-state index is 12.0. The molecule has 0 radical (unpaired) electrons. The summed E-state index contributed by atoms with van der Waals surface area (Å²) in [7, 11) is 0. The van der Waals surface area contributed by atoms with Crippen molar-refractivity contribution in [3.05, 3.63) is 35.4 Å². The second kappa shape index (κ2) is 7.09. The van der Waals surface area contributed by atoms with Crippen LogP contribution < -0.4 is 0 Å². The molecule has 1 aliphatic rings. The zero-order chi connectivity index (χ0) is 14.4. The van der Waals surface area contributed by atoms with Crippen molar-refractivity contribution in [3.8, 4) is 6.07 Å². The summed E-state index contributed by atoms with van der Waals surface area (Å²) in [4.78, 5) is 12.0. The number of benzene rings is 1. The molecule has 0 amide bonds. The van der Waals surface area contributed by atoms with Crippen LogP contribution in [0, 0.1) is 17.2 Å². The first-order valence-electron chi connectivity index (χ1n) is 7.44. The molecule has 3 nitrogen and oxygen atoms in total. The van der Waals surface area contributed by atoms with Gasteiger partial charge in [-0.3, -0.25) is 0 Å². The number of hydrogen-bond donors (Lipinski definition) is 0. The van der Waals surface area contributed by atoms with Gasteiger partial charge in [-0.1, -0.05) is 19.8 Å². The molecule has 0 bridgehead atoms. The normalized spacial score (nSPS) is 22.0. The van der Waals surface area contributed by atoms with E-state index in [0.717, 1.165) is 18.8 Å². The Hall–Kier alpha value is -1.82. The Kier molecular flexibility index (Phi) is 5.17. The third-order valence-corrected chi connectivity index (χ3v) is 4.01. The van der Waals surface area contributed by atoms with Crippen LogP contribution in [0.25, 0.3) is 0 Å². The Labute approximate surface area is 120 Å². The van der Waals surface area contributed by atoms with Gasteiger partial charge in [0.2, 0.25) is 0 Å². The molecule has 20 heavy (non-hydrogen) atoms.